The quantitative estimate of drug-likeness (QED) is 0.905. The molecule has 1 atom stereocenters. The lowest BCUT2D eigenvalue weighted by molar-refractivity contribution is 0.529. The summed E-state index contributed by atoms with van der Waals surface area (Å²) in [5.74, 6) is 2.31. The van der Waals surface area contributed by atoms with Crippen molar-refractivity contribution in [3.05, 3.63) is 16.1 Å². The summed E-state index contributed by atoms with van der Waals surface area (Å²) in [6.45, 7) is 4.31. The van der Waals surface area contributed by atoms with Crippen LogP contribution in [0.15, 0.2) is 6.07 Å². The molecule has 100 valence electrons. The number of halogens is 2. The third-order valence-electron chi connectivity index (χ3n) is 3.43. The van der Waals surface area contributed by atoms with Crippen LogP contribution in [0, 0.1) is 5.92 Å². The molecule has 1 saturated heterocycles. The van der Waals surface area contributed by atoms with Crippen LogP contribution in [0.25, 0.3) is 0 Å². The summed E-state index contributed by atoms with van der Waals surface area (Å²) >= 11 is 12.3. The zero-order chi connectivity index (χ0) is 13.1. The van der Waals surface area contributed by atoms with Crippen LogP contribution in [-0.4, -0.2) is 25.1 Å². The fourth-order valence-corrected chi connectivity index (χ4v) is 3.10. The Hall–Kier alpha value is -0.670. The van der Waals surface area contributed by atoms with Gasteiger partial charge in [0.2, 0.25) is 0 Å². The number of aromatic nitrogens is 1. The molecule has 5 heteroatoms. The molecule has 1 aromatic rings. The van der Waals surface area contributed by atoms with E-state index in [9.17, 15) is 0 Å². The zero-order valence-electron chi connectivity index (χ0n) is 10.8. The molecule has 0 saturated carbocycles. The predicted octanol–water partition coefficient (Wildman–Crippen LogP) is 4.06. The minimum Gasteiger partial charge on any atom is -0.372 e. The second-order valence-electron chi connectivity index (χ2n) is 4.76. The van der Waals surface area contributed by atoms with Gasteiger partial charge in [0.25, 0.3) is 0 Å². The first-order valence-electron chi connectivity index (χ1n) is 6.44. The van der Waals surface area contributed by atoms with Gasteiger partial charge >= 0.3 is 0 Å². The molecule has 1 unspecified atom stereocenters. The minimum atomic E-state index is 0.565. The molecular formula is C13H19Cl2N3. The van der Waals surface area contributed by atoms with E-state index in [1.807, 2.05) is 7.05 Å². The van der Waals surface area contributed by atoms with E-state index in [0.29, 0.717) is 15.9 Å². The predicted molar refractivity (Wildman–Crippen MR) is 79.0 cm³/mol. The highest BCUT2D eigenvalue weighted by Crippen LogP contribution is 2.34. The summed E-state index contributed by atoms with van der Waals surface area (Å²) in [6, 6.07) is 1.77. The van der Waals surface area contributed by atoms with E-state index in [4.69, 9.17) is 23.2 Å². The molecule has 1 aromatic heterocycles. The van der Waals surface area contributed by atoms with Gasteiger partial charge in [-0.15, -0.1) is 0 Å². The van der Waals surface area contributed by atoms with Gasteiger partial charge in [-0.05, 0) is 24.8 Å². The Kier molecular flexibility index (Phi) is 4.57. The maximum atomic E-state index is 6.25. The molecule has 3 nitrogen and oxygen atoms in total. The Morgan fingerprint density at radius 1 is 1.44 bits per heavy atom. The summed E-state index contributed by atoms with van der Waals surface area (Å²) in [7, 11) is 1.82. The molecule has 0 spiro atoms. The SMILES string of the molecule is CCCC1CCN(c2nc(NC)c(Cl)cc2Cl)C1. The van der Waals surface area contributed by atoms with E-state index in [2.05, 4.69) is 22.1 Å². The standard InChI is InChI=1S/C13H19Cl2N3/c1-3-4-9-5-6-18(8-9)13-11(15)7-10(14)12(16-2)17-13/h7,9H,3-6,8H2,1-2H3,(H,16,17). The van der Waals surface area contributed by atoms with Crippen LogP contribution in [0.4, 0.5) is 11.6 Å². The highest BCUT2D eigenvalue weighted by atomic mass is 35.5. The number of pyridine rings is 1. The highest BCUT2D eigenvalue weighted by molar-refractivity contribution is 6.37. The van der Waals surface area contributed by atoms with Crippen molar-refractivity contribution in [3.8, 4) is 0 Å². The van der Waals surface area contributed by atoms with Gasteiger partial charge in [0, 0.05) is 20.1 Å². The molecule has 0 aromatic carbocycles. The largest absolute Gasteiger partial charge is 0.372 e. The summed E-state index contributed by atoms with van der Waals surface area (Å²) in [5, 5.41) is 4.19. The highest BCUT2D eigenvalue weighted by Gasteiger charge is 2.25. The first-order valence-corrected chi connectivity index (χ1v) is 7.20. The number of hydrogen-bond donors (Lipinski definition) is 1. The Bertz CT molecular complexity index is 423. The van der Waals surface area contributed by atoms with Crippen LogP contribution in [0.2, 0.25) is 10.0 Å². The van der Waals surface area contributed by atoms with Gasteiger partial charge in [0.05, 0.1) is 10.0 Å². The maximum Gasteiger partial charge on any atom is 0.149 e. The van der Waals surface area contributed by atoms with E-state index in [0.717, 1.165) is 24.8 Å². The van der Waals surface area contributed by atoms with Crippen molar-refractivity contribution in [2.24, 2.45) is 5.92 Å². The number of rotatable bonds is 4. The van der Waals surface area contributed by atoms with Crippen molar-refractivity contribution >= 4 is 34.8 Å². The first-order chi connectivity index (χ1) is 8.65. The average Bonchev–Trinajstić information content (AvgIpc) is 2.78. The van der Waals surface area contributed by atoms with Gasteiger partial charge in [-0.1, -0.05) is 36.5 Å². The summed E-state index contributed by atoms with van der Waals surface area (Å²) in [6.07, 6.45) is 3.74. The molecule has 0 radical (unpaired) electrons. The van der Waals surface area contributed by atoms with Crippen LogP contribution < -0.4 is 10.2 Å². The Labute approximate surface area is 118 Å². The summed E-state index contributed by atoms with van der Waals surface area (Å²) < 4.78 is 0. The average molecular weight is 288 g/mol. The van der Waals surface area contributed by atoms with E-state index in [-0.39, 0.29) is 0 Å². The Morgan fingerprint density at radius 2 is 2.22 bits per heavy atom. The van der Waals surface area contributed by atoms with E-state index in [1.54, 1.807) is 6.07 Å². The molecular weight excluding hydrogens is 269 g/mol. The lowest BCUT2D eigenvalue weighted by Gasteiger charge is -2.20. The van der Waals surface area contributed by atoms with Gasteiger partial charge in [-0.3, -0.25) is 0 Å². The second-order valence-corrected chi connectivity index (χ2v) is 5.58. The second kappa shape index (κ2) is 5.98. The van der Waals surface area contributed by atoms with Crippen LogP contribution in [-0.2, 0) is 0 Å². The molecule has 1 aliphatic heterocycles. The maximum absolute atomic E-state index is 6.25. The van der Waals surface area contributed by atoms with Crippen LogP contribution in [0.3, 0.4) is 0 Å². The molecule has 1 N–H and O–H groups in total. The zero-order valence-corrected chi connectivity index (χ0v) is 12.4. The van der Waals surface area contributed by atoms with Crippen molar-refractivity contribution < 1.29 is 0 Å². The Balaban J connectivity index is 2.18. The molecule has 0 amide bonds. The third-order valence-corrected chi connectivity index (χ3v) is 4.00. The fourth-order valence-electron chi connectivity index (χ4n) is 2.52. The van der Waals surface area contributed by atoms with Crippen molar-refractivity contribution in [1.29, 1.82) is 0 Å². The van der Waals surface area contributed by atoms with Gasteiger partial charge in [0.1, 0.15) is 11.6 Å². The summed E-state index contributed by atoms with van der Waals surface area (Å²) in [5.41, 5.74) is 0. The lowest BCUT2D eigenvalue weighted by atomic mass is 10.0. The van der Waals surface area contributed by atoms with Crippen molar-refractivity contribution in [1.82, 2.24) is 4.98 Å². The molecule has 1 aliphatic rings. The lowest BCUT2D eigenvalue weighted by Crippen LogP contribution is -2.21. The van der Waals surface area contributed by atoms with Crippen molar-refractivity contribution in [2.45, 2.75) is 26.2 Å². The Morgan fingerprint density at radius 3 is 2.89 bits per heavy atom. The van der Waals surface area contributed by atoms with Crippen molar-refractivity contribution in [3.63, 3.8) is 0 Å². The molecule has 2 rings (SSSR count). The normalized spacial score (nSPS) is 19.3. The van der Waals surface area contributed by atoms with Crippen molar-refractivity contribution in [2.75, 3.05) is 30.4 Å². The molecule has 18 heavy (non-hydrogen) atoms. The first kappa shape index (κ1) is 13.8. The monoisotopic (exact) mass is 287 g/mol. The smallest absolute Gasteiger partial charge is 0.149 e. The fraction of sp³-hybridized carbons (Fsp3) is 0.615. The van der Waals surface area contributed by atoms with Crippen LogP contribution in [0.1, 0.15) is 26.2 Å². The van der Waals surface area contributed by atoms with Gasteiger partial charge in [-0.2, -0.15) is 0 Å². The van der Waals surface area contributed by atoms with E-state index >= 15 is 0 Å². The number of anilines is 2. The minimum absolute atomic E-state index is 0.565. The van der Waals surface area contributed by atoms with Crippen LogP contribution in [0.5, 0.6) is 0 Å². The molecule has 2 heterocycles. The summed E-state index contributed by atoms with van der Waals surface area (Å²) in [4.78, 5) is 6.78. The third kappa shape index (κ3) is 2.83. The van der Waals surface area contributed by atoms with E-state index in [1.165, 1.54) is 19.3 Å². The molecule has 1 fully saturated rings. The number of hydrogen-bond acceptors (Lipinski definition) is 3. The molecule has 0 bridgehead atoms. The van der Waals surface area contributed by atoms with Crippen LogP contribution >= 0.6 is 23.2 Å². The topological polar surface area (TPSA) is 28.2 Å². The number of nitrogens with one attached hydrogen (secondary N) is 1. The van der Waals surface area contributed by atoms with Gasteiger partial charge < -0.3 is 10.2 Å². The molecule has 0 aliphatic carbocycles. The van der Waals surface area contributed by atoms with Gasteiger partial charge in [-0.25, -0.2) is 4.98 Å². The van der Waals surface area contributed by atoms with Gasteiger partial charge in [0.15, 0.2) is 0 Å². The number of nitrogens with zero attached hydrogens (tertiary/aromatic N) is 2. The van der Waals surface area contributed by atoms with E-state index < -0.39 is 0 Å².